The van der Waals surface area contributed by atoms with Gasteiger partial charge in [0.2, 0.25) is 0 Å². The second kappa shape index (κ2) is 8.05. The molecule has 29 heavy (non-hydrogen) atoms. The molecule has 0 spiro atoms. The molecule has 3 fully saturated rings. The molecular formula is C22H24ClN3O3. The van der Waals surface area contributed by atoms with Crippen LogP contribution in [0.4, 0.5) is 0 Å². The van der Waals surface area contributed by atoms with Gasteiger partial charge in [0.05, 0.1) is 7.11 Å². The first-order valence-corrected chi connectivity index (χ1v) is 9.77. The average Bonchev–Trinajstić information content (AvgIpc) is 3.19. The van der Waals surface area contributed by atoms with Crippen LogP contribution >= 0.6 is 12.4 Å². The van der Waals surface area contributed by atoms with Crippen molar-refractivity contribution in [3.63, 3.8) is 0 Å². The lowest BCUT2D eigenvalue weighted by Crippen LogP contribution is -2.57. The van der Waals surface area contributed by atoms with Gasteiger partial charge in [-0.3, -0.25) is 9.78 Å². The number of pyridine rings is 1. The molecule has 6 nitrogen and oxygen atoms in total. The molecule has 1 atom stereocenters. The zero-order valence-electron chi connectivity index (χ0n) is 16.3. The topological polar surface area (TPSA) is 67.6 Å². The first kappa shape index (κ1) is 19.7. The number of nitrogens with zero attached hydrogens (tertiary/aromatic N) is 2. The number of methoxy groups -OCH3 is 1. The van der Waals surface area contributed by atoms with Crippen molar-refractivity contribution in [2.24, 2.45) is 5.92 Å². The second-order valence-electron chi connectivity index (χ2n) is 7.63. The van der Waals surface area contributed by atoms with E-state index >= 15 is 0 Å². The SMILES string of the molecule is COc1ccncc1-c1cccc2cc(C(=O)N[C@H]3CN4CCC3CC4)oc12.Cl. The standard InChI is InChI=1S/C22H23N3O3.ClH/c1-27-19-5-8-23-12-17(19)16-4-2-3-15-11-20(28-21(15)16)22(26)24-18-13-25-9-6-14(18)7-10-25;/h2-5,8,11-12,14,18H,6-7,9-10,13H2,1H3,(H,24,26);1H/t18-;/m0./s1. The number of carbonyl (C=O) groups is 1. The number of hydrogen-bond acceptors (Lipinski definition) is 5. The van der Waals surface area contributed by atoms with Crippen molar-refractivity contribution in [2.75, 3.05) is 26.7 Å². The van der Waals surface area contributed by atoms with Crippen molar-refractivity contribution in [1.82, 2.24) is 15.2 Å². The van der Waals surface area contributed by atoms with Gasteiger partial charge in [0.1, 0.15) is 11.3 Å². The number of rotatable bonds is 4. The van der Waals surface area contributed by atoms with E-state index in [4.69, 9.17) is 9.15 Å². The molecule has 0 unspecified atom stereocenters. The van der Waals surface area contributed by atoms with E-state index in [2.05, 4.69) is 15.2 Å². The Labute approximate surface area is 175 Å². The Bertz CT molecular complexity index is 1030. The summed E-state index contributed by atoms with van der Waals surface area (Å²) in [6.45, 7) is 3.24. The maximum Gasteiger partial charge on any atom is 0.287 e. The van der Waals surface area contributed by atoms with Crippen LogP contribution in [0.5, 0.6) is 5.75 Å². The molecule has 3 aromatic rings. The molecule has 0 saturated carbocycles. The third-order valence-electron chi connectivity index (χ3n) is 6.03. The number of amides is 1. The fourth-order valence-corrected chi connectivity index (χ4v) is 4.52. The van der Waals surface area contributed by atoms with Crippen molar-refractivity contribution in [2.45, 2.75) is 18.9 Å². The highest BCUT2D eigenvalue weighted by atomic mass is 35.5. The lowest BCUT2D eigenvalue weighted by atomic mass is 9.84. The smallest absolute Gasteiger partial charge is 0.287 e. The minimum absolute atomic E-state index is 0. The molecule has 0 radical (unpaired) electrons. The number of para-hydroxylation sites is 1. The van der Waals surface area contributed by atoms with Gasteiger partial charge in [-0.05, 0) is 44.0 Å². The third-order valence-corrected chi connectivity index (χ3v) is 6.03. The summed E-state index contributed by atoms with van der Waals surface area (Å²) in [5.41, 5.74) is 2.38. The van der Waals surface area contributed by atoms with Gasteiger partial charge < -0.3 is 19.4 Å². The predicted molar refractivity (Wildman–Crippen MR) is 114 cm³/mol. The zero-order chi connectivity index (χ0) is 19.1. The Morgan fingerprint density at radius 1 is 1.24 bits per heavy atom. The number of nitrogens with one attached hydrogen (secondary N) is 1. The first-order chi connectivity index (χ1) is 13.7. The molecule has 152 valence electrons. The number of halogens is 1. The van der Waals surface area contributed by atoms with E-state index in [0.29, 0.717) is 17.3 Å². The van der Waals surface area contributed by atoms with Crippen LogP contribution in [0.3, 0.4) is 0 Å². The maximum absolute atomic E-state index is 12.9. The van der Waals surface area contributed by atoms with E-state index in [1.807, 2.05) is 30.3 Å². The van der Waals surface area contributed by atoms with E-state index < -0.39 is 0 Å². The lowest BCUT2D eigenvalue weighted by Gasteiger charge is -2.44. The average molecular weight is 414 g/mol. The molecule has 0 aliphatic carbocycles. The fraction of sp³-hybridized carbons (Fsp3) is 0.364. The monoisotopic (exact) mass is 413 g/mol. The number of piperidine rings is 3. The summed E-state index contributed by atoms with van der Waals surface area (Å²) >= 11 is 0. The maximum atomic E-state index is 12.9. The van der Waals surface area contributed by atoms with Crippen molar-refractivity contribution in [1.29, 1.82) is 0 Å². The molecule has 3 aliphatic heterocycles. The van der Waals surface area contributed by atoms with E-state index in [9.17, 15) is 4.79 Å². The van der Waals surface area contributed by atoms with Gasteiger partial charge in [0, 0.05) is 41.5 Å². The summed E-state index contributed by atoms with van der Waals surface area (Å²) in [5, 5.41) is 4.09. The van der Waals surface area contributed by atoms with Gasteiger partial charge in [0.25, 0.3) is 5.91 Å². The summed E-state index contributed by atoms with van der Waals surface area (Å²) in [6, 6.07) is 9.71. The lowest BCUT2D eigenvalue weighted by molar-refractivity contribution is 0.0607. The molecule has 6 rings (SSSR count). The molecule has 2 aromatic heterocycles. The van der Waals surface area contributed by atoms with Crippen LogP contribution in [0.25, 0.3) is 22.1 Å². The normalized spacial score (nSPS) is 22.9. The van der Waals surface area contributed by atoms with Crippen molar-refractivity contribution < 1.29 is 13.9 Å². The van der Waals surface area contributed by atoms with Crippen LogP contribution in [-0.2, 0) is 0 Å². The number of benzene rings is 1. The first-order valence-electron chi connectivity index (χ1n) is 9.77. The Balaban J connectivity index is 0.00000205. The fourth-order valence-electron chi connectivity index (χ4n) is 4.52. The highest BCUT2D eigenvalue weighted by molar-refractivity contribution is 6.00. The number of fused-ring (bicyclic) bond motifs is 4. The molecular weight excluding hydrogens is 390 g/mol. The van der Waals surface area contributed by atoms with Gasteiger partial charge in [0.15, 0.2) is 5.76 Å². The van der Waals surface area contributed by atoms with E-state index in [1.165, 1.54) is 0 Å². The molecule has 2 bridgehead atoms. The number of furan rings is 1. The molecule has 3 saturated heterocycles. The summed E-state index contributed by atoms with van der Waals surface area (Å²) in [5.74, 6) is 1.51. The Morgan fingerprint density at radius 3 is 2.79 bits per heavy atom. The third kappa shape index (κ3) is 3.58. The van der Waals surface area contributed by atoms with Crippen molar-refractivity contribution in [3.8, 4) is 16.9 Å². The van der Waals surface area contributed by atoms with Gasteiger partial charge >= 0.3 is 0 Å². The zero-order valence-corrected chi connectivity index (χ0v) is 17.1. The Morgan fingerprint density at radius 2 is 2.07 bits per heavy atom. The predicted octanol–water partition coefficient (Wildman–Crippen LogP) is 3.75. The Hall–Kier alpha value is -2.57. The van der Waals surface area contributed by atoms with Crippen LogP contribution in [0, 0.1) is 5.92 Å². The molecule has 1 amide bonds. The van der Waals surface area contributed by atoms with Gasteiger partial charge in [-0.15, -0.1) is 12.4 Å². The van der Waals surface area contributed by atoms with E-state index in [1.54, 1.807) is 19.5 Å². The Kier molecular flexibility index (Phi) is 5.48. The second-order valence-corrected chi connectivity index (χ2v) is 7.63. The minimum Gasteiger partial charge on any atom is -0.496 e. The number of carbonyl (C=O) groups excluding carboxylic acids is 1. The molecule has 5 heterocycles. The quantitative estimate of drug-likeness (QED) is 0.705. The van der Waals surface area contributed by atoms with Crippen LogP contribution in [0.15, 0.2) is 47.1 Å². The summed E-state index contributed by atoms with van der Waals surface area (Å²) in [7, 11) is 1.63. The largest absolute Gasteiger partial charge is 0.496 e. The van der Waals surface area contributed by atoms with Gasteiger partial charge in [-0.1, -0.05) is 18.2 Å². The van der Waals surface area contributed by atoms with Gasteiger partial charge in [-0.2, -0.15) is 0 Å². The van der Waals surface area contributed by atoms with Crippen molar-refractivity contribution >= 4 is 29.3 Å². The molecule has 3 aliphatic rings. The summed E-state index contributed by atoms with van der Waals surface area (Å²) in [4.78, 5) is 19.5. The van der Waals surface area contributed by atoms with Crippen molar-refractivity contribution in [3.05, 3.63) is 48.5 Å². The van der Waals surface area contributed by atoms with Crippen LogP contribution < -0.4 is 10.1 Å². The minimum atomic E-state index is -0.140. The van der Waals surface area contributed by atoms with Crippen LogP contribution in [-0.4, -0.2) is 48.6 Å². The number of ether oxygens (including phenoxy) is 1. The van der Waals surface area contributed by atoms with Gasteiger partial charge in [-0.25, -0.2) is 0 Å². The highest BCUT2D eigenvalue weighted by Gasteiger charge is 2.35. The van der Waals surface area contributed by atoms with Crippen LogP contribution in [0.1, 0.15) is 23.4 Å². The van der Waals surface area contributed by atoms with E-state index in [-0.39, 0.29) is 24.4 Å². The molecule has 1 aromatic carbocycles. The highest BCUT2D eigenvalue weighted by Crippen LogP contribution is 2.36. The number of hydrogen-bond donors (Lipinski definition) is 1. The van der Waals surface area contributed by atoms with E-state index in [0.717, 1.165) is 54.7 Å². The summed E-state index contributed by atoms with van der Waals surface area (Å²) < 4.78 is 11.5. The summed E-state index contributed by atoms with van der Waals surface area (Å²) in [6.07, 6.45) is 5.77. The number of aromatic nitrogens is 1. The van der Waals surface area contributed by atoms with Crippen LogP contribution in [0.2, 0.25) is 0 Å². The molecule has 7 heteroatoms. The molecule has 1 N–H and O–H groups in total.